The van der Waals surface area contributed by atoms with E-state index in [0.29, 0.717) is 5.65 Å². The molecule has 0 radical (unpaired) electrons. The van der Waals surface area contributed by atoms with E-state index >= 15 is 0 Å². The summed E-state index contributed by atoms with van der Waals surface area (Å²) >= 11 is 0. The number of hydrogen-bond donors (Lipinski definition) is 0. The van der Waals surface area contributed by atoms with Gasteiger partial charge < -0.3 is 14.2 Å². The first-order chi connectivity index (χ1) is 11.5. The van der Waals surface area contributed by atoms with Crippen LogP contribution < -0.4 is 10.3 Å². The Labute approximate surface area is 138 Å². The molecule has 0 amide bonds. The number of fused-ring (bicyclic) bond motifs is 1. The number of esters is 1. The first kappa shape index (κ1) is 16.4. The van der Waals surface area contributed by atoms with Crippen LogP contribution in [0.25, 0.3) is 11.0 Å². The average Bonchev–Trinajstić information content (AvgIpc) is 2.58. The Morgan fingerprint density at radius 1 is 1.33 bits per heavy atom. The largest absolute Gasteiger partial charge is 0.462 e. The van der Waals surface area contributed by atoms with E-state index in [1.165, 1.54) is 12.3 Å². The number of aromatic nitrogens is 2. The van der Waals surface area contributed by atoms with Gasteiger partial charge in [0.1, 0.15) is 11.2 Å². The molecule has 0 N–H and O–H groups in total. The molecular formula is C17H20FN3O3. The first-order valence-electron chi connectivity index (χ1n) is 8.15. The van der Waals surface area contributed by atoms with Gasteiger partial charge in [-0.1, -0.05) is 0 Å². The minimum atomic E-state index is -0.708. The van der Waals surface area contributed by atoms with Crippen LogP contribution in [0.4, 0.5) is 10.2 Å². The van der Waals surface area contributed by atoms with Crippen LogP contribution >= 0.6 is 0 Å². The van der Waals surface area contributed by atoms with Gasteiger partial charge in [-0.3, -0.25) is 4.79 Å². The topological polar surface area (TPSA) is 64.4 Å². The molecule has 1 fully saturated rings. The van der Waals surface area contributed by atoms with Crippen LogP contribution in [-0.4, -0.2) is 35.2 Å². The molecule has 6 nitrogen and oxygen atoms in total. The van der Waals surface area contributed by atoms with Crippen LogP contribution in [0.3, 0.4) is 0 Å². The molecule has 0 aliphatic carbocycles. The lowest BCUT2D eigenvalue weighted by atomic mass is 10.1. The summed E-state index contributed by atoms with van der Waals surface area (Å²) in [5.74, 6) is -0.982. The van der Waals surface area contributed by atoms with Crippen LogP contribution in [0.1, 0.15) is 36.5 Å². The molecule has 0 spiro atoms. The molecule has 7 heteroatoms. The minimum Gasteiger partial charge on any atom is -0.462 e. The van der Waals surface area contributed by atoms with Crippen molar-refractivity contribution in [3.05, 3.63) is 33.9 Å². The van der Waals surface area contributed by atoms with Crippen molar-refractivity contribution in [2.45, 2.75) is 26.2 Å². The van der Waals surface area contributed by atoms with Gasteiger partial charge in [-0.2, -0.15) is 0 Å². The van der Waals surface area contributed by atoms with Crippen LogP contribution in [-0.2, 0) is 11.8 Å². The zero-order valence-corrected chi connectivity index (χ0v) is 13.8. The van der Waals surface area contributed by atoms with E-state index in [4.69, 9.17) is 4.74 Å². The third-order valence-electron chi connectivity index (χ3n) is 4.23. The number of carbonyl (C=O) groups is 1. The molecule has 3 heterocycles. The fourth-order valence-corrected chi connectivity index (χ4v) is 3.05. The van der Waals surface area contributed by atoms with Crippen molar-refractivity contribution in [1.82, 2.24) is 9.55 Å². The highest BCUT2D eigenvalue weighted by Gasteiger charge is 2.21. The van der Waals surface area contributed by atoms with Crippen molar-refractivity contribution in [1.29, 1.82) is 0 Å². The maximum absolute atomic E-state index is 14.5. The van der Waals surface area contributed by atoms with Gasteiger partial charge in [0.15, 0.2) is 11.6 Å². The van der Waals surface area contributed by atoms with Crippen LogP contribution in [0.2, 0.25) is 0 Å². The molecule has 1 aliphatic rings. The van der Waals surface area contributed by atoms with E-state index in [9.17, 15) is 14.0 Å². The van der Waals surface area contributed by atoms with E-state index in [-0.39, 0.29) is 23.4 Å². The highest BCUT2D eigenvalue weighted by atomic mass is 19.1. The molecule has 0 bridgehead atoms. The molecule has 0 aromatic carbocycles. The molecule has 24 heavy (non-hydrogen) atoms. The second kappa shape index (κ2) is 6.59. The molecular weight excluding hydrogens is 313 g/mol. The zero-order valence-electron chi connectivity index (χ0n) is 13.8. The quantitative estimate of drug-likeness (QED) is 0.806. The average molecular weight is 333 g/mol. The molecule has 1 saturated heterocycles. The first-order valence-corrected chi connectivity index (χ1v) is 8.15. The summed E-state index contributed by atoms with van der Waals surface area (Å²) in [6.45, 7) is 3.34. The number of halogens is 1. The number of anilines is 1. The summed E-state index contributed by atoms with van der Waals surface area (Å²) in [5, 5.41) is 0.0845. The summed E-state index contributed by atoms with van der Waals surface area (Å²) in [4.78, 5) is 30.7. The molecule has 128 valence electrons. The maximum atomic E-state index is 14.5. The van der Waals surface area contributed by atoms with E-state index in [1.54, 1.807) is 18.5 Å². The summed E-state index contributed by atoms with van der Waals surface area (Å²) in [6.07, 6.45) is 4.53. The Morgan fingerprint density at radius 2 is 2.04 bits per heavy atom. The van der Waals surface area contributed by atoms with Gasteiger partial charge in [0.25, 0.3) is 0 Å². The summed E-state index contributed by atoms with van der Waals surface area (Å²) < 4.78 is 21.0. The lowest BCUT2D eigenvalue weighted by Gasteiger charge is -2.28. The summed E-state index contributed by atoms with van der Waals surface area (Å²) in [6, 6.07) is 1.18. The lowest BCUT2D eigenvalue weighted by molar-refractivity contribution is 0.0524. The lowest BCUT2D eigenvalue weighted by Crippen LogP contribution is -2.31. The molecule has 0 unspecified atom stereocenters. The van der Waals surface area contributed by atoms with Crippen LogP contribution in [0.5, 0.6) is 0 Å². The van der Waals surface area contributed by atoms with E-state index < -0.39 is 17.2 Å². The maximum Gasteiger partial charge on any atom is 0.343 e. The van der Waals surface area contributed by atoms with E-state index in [2.05, 4.69) is 4.98 Å². The molecule has 3 rings (SSSR count). The summed E-state index contributed by atoms with van der Waals surface area (Å²) in [5.41, 5.74) is -0.313. The molecule has 0 atom stereocenters. The number of piperidine rings is 1. The molecule has 2 aromatic rings. The van der Waals surface area contributed by atoms with Gasteiger partial charge in [0, 0.05) is 26.3 Å². The predicted octanol–water partition coefficient (Wildman–Crippen LogP) is 2.24. The van der Waals surface area contributed by atoms with Crippen molar-refractivity contribution in [2.75, 3.05) is 24.6 Å². The molecule has 1 aliphatic heterocycles. The Morgan fingerprint density at radius 3 is 2.71 bits per heavy atom. The zero-order chi connectivity index (χ0) is 17.3. The predicted molar refractivity (Wildman–Crippen MR) is 89.0 cm³/mol. The van der Waals surface area contributed by atoms with Gasteiger partial charge in [-0.25, -0.2) is 14.2 Å². The van der Waals surface area contributed by atoms with Gasteiger partial charge in [0.05, 0.1) is 12.0 Å². The minimum absolute atomic E-state index is 0.0845. The monoisotopic (exact) mass is 333 g/mol. The smallest absolute Gasteiger partial charge is 0.343 e. The summed E-state index contributed by atoms with van der Waals surface area (Å²) in [7, 11) is 1.68. The number of pyridine rings is 2. The van der Waals surface area contributed by atoms with E-state index in [0.717, 1.165) is 32.4 Å². The van der Waals surface area contributed by atoms with Gasteiger partial charge in [-0.05, 0) is 32.3 Å². The second-order valence-electron chi connectivity index (χ2n) is 5.92. The van der Waals surface area contributed by atoms with Gasteiger partial charge in [-0.15, -0.1) is 0 Å². The van der Waals surface area contributed by atoms with Gasteiger partial charge in [0.2, 0.25) is 5.43 Å². The molecule has 0 saturated carbocycles. The number of ether oxygens (including phenoxy) is 1. The Kier molecular flexibility index (Phi) is 4.51. The van der Waals surface area contributed by atoms with Crippen molar-refractivity contribution < 1.29 is 13.9 Å². The molecule has 2 aromatic heterocycles. The van der Waals surface area contributed by atoms with Crippen LogP contribution in [0, 0.1) is 5.82 Å². The fourth-order valence-electron chi connectivity index (χ4n) is 3.05. The third-order valence-corrected chi connectivity index (χ3v) is 4.23. The van der Waals surface area contributed by atoms with Crippen molar-refractivity contribution in [2.24, 2.45) is 7.05 Å². The van der Waals surface area contributed by atoms with Crippen LogP contribution in [0.15, 0.2) is 17.1 Å². The Balaban J connectivity index is 2.14. The van der Waals surface area contributed by atoms with E-state index in [1.807, 2.05) is 4.90 Å². The normalized spacial score (nSPS) is 14.9. The third kappa shape index (κ3) is 2.86. The highest BCUT2D eigenvalue weighted by Crippen LogP contribution is 2.24. The fraction of sp³-hybridized carbons (Fsp3) is 0.471. The highest BCUT2D eigenvalue weighted by molar-refractivity contribution is 5.93. The van der Waals surface area contributed by atoms with Crippen molar-refractivity contribution in [3.63, 3.8) is 0 Å². The standard InChI is InChI=1S/C17H20FN3O3/c1-3-24-17(23)12-10-20(2)15-11(14(12)22)9-13(18)16(19-15)21-7-5-4-6-8-21/h9-10H,3-8H2,1-2H3. The Bertz CT molecular complexity index is 841. The second-order valence-corrected chi connectivity index (χ2v) is 5.92. The van der Waals surface area contributed by atoms with Crippen molar-refractivity contribution in [3.8, 4) is 0 Å². The number of hydrogen-bond acceptors (Lipinski definition) is 5. The number of rotatable bonds is 3. The van der Waals surface area contributed by atoms with Gasteiger partial charge >= 0.3 is 5.97 Å². The number of carbonyl (C=O) groups excluding carboxylic acids is 1. The SMILES string of the molecule is CCOC(=O)c1cn(C)c2nc(N3CCCCC3)c(F)cc2c1=O. The van der Waals surface area contributed by atoms with Crippen molar-refractivity contribution >= 4 is 22.8 Å². The Hall–Kier alpha value is -2.44. The number of nitrogens with zero attached hydrogens (tertiary/aromatic N) is 3. The number of aryl methyl sites for hydroxylation is 1.